The molecule has 4 aromatic rings. The smallest absolute Gasteiger partial charge is 0.267 e. The largest absolute Gasteiger partial charge is 0.457 e. The van der Waals surface area contributed by atoms with Crippen LogP contribution in [0.1, 0.15) is 16.9 Å². The first-order valence-electron chi connectivity index (χ1n) is 10.1. The van der Waals surface area contributed by atoms with Crippen LogP contribution in [0.2, 0.25) is 0 Å². The van der Waals surface area contributed by atoms with Crippen LogP contribution in [-0.2, 0) is 6.54 Å². The summed E-state index contributed by atoms with van der Waals surface area (Å²) in [6, 6.07) is 16.6. The Morgan fingerprint density at radius 3 is 2.44 bits per heavy atom. The molecule has 0 bridgehead atoms. The number of primary amides is 1. The van der Waals surface area contributed by atoms with Gasteiger partial charge in [0, 0.05) is 36.7 Å². The molecule has 0 aliphatic carbocycles. The van der Waals surface area contributed by atoms with Gasteiger partial charge < -0.3 is 20.4 Å². The van der Waals surface area contributed by atoms with Crippen LogP contribution in [0.4, 0.5) is 10.1 Å². The summed E-state index contributed by atoms with van der Waals surface area (Å²) in [6.45, 7) is 1.55. The zero-order valence-electron chi connectivity index (χ0n) is 17.2. The van der Waals surface area contributed by atoms with E-state index in [0.717, 1.165) is 24.2 Å². The number of aromatic nitrogens is 3. The van der Waals surface area contributed by atoms with E-state index in [2.05, 4.69) is 15.3 Å². The topological polar surface area (TPSA) is 95.1 Å². The van der Waals surface area contributed by atoms with Crippen LogP contribution in [0.5, 0.6) is 11.5 Å². The molecule has 3 N–H and O–H groups in total. The van der Waals surface area contributed by atoms with Crippen molar-refractivity contribution in [2.24, 2.45) is 5.73 Å². The van der Waals surface area contributed by atoms with Crippen molar-refractivity contribution in [1.82, 2.24) is 14.5 Å². The van der Waals surface area contributed by atoms with Gasteiger partial charge in [0.25, 0.3) is 5.91 Å². The molecular weight excluding hydrogens is 409 g/mol. The summed E-state index contributed by atoms with van der Waals surface area (Å²) in [5, 5.41) is 3.32. The van der Waals surface area contributed by atoms with Crippen molar-refractivity contribution >= 4 is 11.6 Å². The molecule has 0 radical (unpaired) electrons. The highest BCUT2D eigenvalue weighted by Gasteiger charge is 2.10. The van der Waals surface area contributed by atoms with Gasteiger partial charge in [0.05, 0.1) is 12.0 Å². The molecule has 0 spiro atoms. The normalized spacial score (nSPS) is 10.7. The number of ether oxygens (including phenoxy) is 1. The summed E-state index contributed by atoms with van der Waals surface area (Å²) in [7, 11) is 0. The molecule has 2 aromatic carbocycles. The number of aryl methyl sites for hydroxylation is 1. The number of imidazole rings is 1. The van der Waals surface area contributed by atoms with Crippen LogP contribution in [0.25, 0.3) is 11.3 Å². The van der Waals surface area contributed by atoms with E-state index >= 15 is 0 Å². The highest BCUT2D eigenvalue weighted by molar-refractivity contribution is 5.92. The van der Waals surface area contributed by atoms with Gasteiger partial charge in [0.15, 0.2) is 0 Å². The van der Waals surface area contributed by atoms with Crippen LogP contribution in [0, 0.1) is 5.82 Å². The average Bonchev–Trinajstić information content (AvgIpc) is 3.32. The lowest BCUT2D eigenvalue weighted by Crippen LogP contribution is -2.14. The maximum atomic E-state index is 13.0. The summed E-state index contributed by atoms with van der Waals surface area (Å²) in [4.78, 5) is 20.2. The van der Waals surface area contributed by atoms with E-state index in [4.69, 9.17) is 10.5 Å². The average molecular weight is 431 g/mol. The quantitative estimate of drug-likeness (QED) is 0.381. The number of hydrogen-bond acceptors (Lipinski definition) is 5. The summed E-state index contributed by atoms with van der Waals surface area (Å²) in [6.07, 6.45) is 6.32. The number of anilines is 1. The van der Waals surface area contributed by atoms with E-state index in [1.807, 2.05) is 29.0 Å². The van der Waals surface area contributed by atoms with Gasteiger partial charge in [0.1, 0.15) is 23.0 Å². The third-order valence-corrected chi connectivity index (χ3v) is 4.76. The second kappa shape index (κ2) is 9.74. The number of nitrogens with two attached hydrogens (primary N) is 1. The van der Waals surface area contributed by atoms with Crippen LogP contribution in [-0.4, -0.2) is 27.0 Å². The first kappa shape index (κ1) is 21.0. The Morgan fingerprint density at radius 1 is 1.06 bits per heavy atom. The molecule has 0 fully saturated rings. The summed E-state index contributed by atoms with van der Waals surface area (Å²) in [5.41, 5.74) is 7.86. The number of halogens is 1. The first-order valence-corrected chi connectivity index (χ1v) is 10.1. The van der Waals surface area contributed by atoms with E-state index in [0.29, 0.717) is 23.7 Å². The van der Waals surface area contributed by atoms with Gasteiger partial charge >= 0.3 is 0 Å². The van der Waals surface area contributed by atoms with Gasteiger partial charge in [-0.1, -0.05) is 0 Å². The Morgan fingerprint density at radius 2 is 1.78 bits per heavy atom. The molecule has 0 unspecified atom stereocenters. The van der Waals surface area contributed by atoms with E-state index < -0.39 is 5.91 Å². The number of carbonyl (C=O) groups is 1. The van der Waals surface area contributed by atoms with Crippen molar-refractivity contribution in [1.29, 1.82) is 0 Å². The van der Waals surface area contributed by atoms with Gasteiger partial charge in [-0.2, -0.15) is 0 Å². The SMILES string of the molecule is NC(=O)c1cc(NCCCn2ccnc2)cc(-c2ccc(Oc3ccc(F)cc3)cc2)n1. The molecule has 0 aliphatic rings. The number of rotatable bonds is 9. The van der Waals surface area contributed by atoms with Crippen LogP contribution < -0.4 is 15.8 Å². The van der Waals surface area contributed by atoms with E-state index in [-0.39, 0.29) is 11.5 Å². The van der Waals surface area contributed by atoms with Gasteiger partial charge in [-0.3, -0.25) is 4.79 Å². The van der Waals surface area contributed by atoms with Gasteiger partial charge in [-0.15, -0.1) is 0 Å². The molecule has 0 atom stereocenters. The minimum absolute atomic E-state index is 0.186. The standard InChI is InChI=1S/C24H22FN5O2/c25-18-4-8-21(9-5-18)32-20-6-2-17(3-7-20)22-14-19(15-23(29-22)24(26)31)28-10-1-12-30-13-11-27-16-30/h2-9,11,13-16H,1,10,12H2,(H2,26,31)(H,28,29). The monoisotopic (exact) mass is 431 g/mol. The maximum Gasteiger partial charge on any atom is 0.267 e. The molecule has 0 aliphatic heterocycles. The molecule has 4 rings (SSSR count). The van der Waals surface area contributed by atoms with Crippen molar-refractivity contribution in [2.45, 2.75) is 13.0 Å². The predicted molar refractivity (Wildman–Crippen MR) is 120 cm³/mol. The highest BCUT2D eigenvalue weighted by Crippen LogP contribution is 2.27. The fourth-order valence-electron chi connectivity index (χ4n) is 3.15. The van der Waals surface area contributed by atoms with Crippen LogP contribution >= 0.6 is 0 Å². The first-order chi connectivity index (χ1) is 15.6. The lowest BCUT2D eigenvalue weighted by molar-refractivity contribution is 0.0995. The Kier molecular flexibility index (Phi) is 6.41. The molecule has 32 heavy (non-hydrogen) atoms. The minimum Gasteiger partial charge on any atom is -0.457 e. The number of benzene rings is 2. The Balaban J connectivity index is 1.46. The number of pyridine rings is 1. The van der Waals surface area contributed by atoms with E-state index in [1.54, 1.807) is 42.9 Å². The van der Waals surface area contributed by atoms with Gasteiger partial charge in [0.2, 0.25) is 0 Å². The molecule has 8 heteroatoms. The number of carbonyl (C=O) groups excluding carboxylic acids is 1. The fourth-order valence-corrected chi connectivity index (χ4v) is 3.15. The van der Waals surface area contributed by atoms with Crippen molar-refractivity contribution in [3.63, 3.8) is 0 Å². The molecule has 162 valence electrons. The van der Waals surface area contributed by atoms with Gasteiger partial charge in [-0.05, 0) is 67.1 Å². The zero-order chi connectivity index (χ0) is 22.3. The second-order valence-electron chi connectivity index (χ2n) is 7.15. The third-order valence-electron chi connectivity index (χ3n) is 4.76. The minimum atomic E-state index is -0.593. The molecule has 1 amide bonds. The summed E-state index contributed by atoms with van der Waals surface area (Å²) in [5.74, 6) is 0.225. The third kappa shape index (κ3) is 5.48. The zero-order valence-corrected chi connectivity index (χ0v) is 17.2. The number of nitrogens with zero attached hydrogens (tertiary/aromatic N) is 3. The lowest BCUT2D eigenvalue weighted by atomic mass is 10.1. The van der Waals surface area contributed by atoms with Crippen LogP contribution in [0.15, 0.2) is 79.4 Å². The second-order valence-corrected chi connectivity index (χ2v) is 7.15. The Labute approximate surface area is 184 Å². The highest BCUT2D eigenvalue weighted by atomic mass is 19.1. The maximum absolute atomic E-state index is 13.0. The van der Waals surface area contributed by atoms with E-state index in [1.165, 1.54) is 12.1 Å². The van der Waals surface area contributed by atoms with Crippen molar-refractivity contribution in [3.05, 3.63) is 90.9 Å². The Hall–Kier alpha value is -4.20. The van der Waals surface area contributed by atoms with Crippen LogP contribution in [0.3, 0.4) is 0 Å². The molecule has 2 aromatic heterocycles. The van der Waals surface area contributed by atoms with Crippen molar-refractivity contribution in [2.75, 3.05) is 11.9 Å². The predicted octanol–water partition coefficient (Wildman–Crippen LogP) is 4.48. The molecule has 2 heterocycles. The molecule has 7 nitrogen and oxygen atoms in total. The molecular formula is C24H22FN5O2. The number of amides is 1. The van der Waals surface area contributed by atoms with Gasteiger partial charge in [-0.25, -0.2) is 14.4 Å². The number of nitrogens with one attached hydrogen (secondary N) is 1. The lowest BCUT2D eigenvalue weighted by Gasteiger charge is -2.11. The van der Waals surface area contributed by atoms with Crippen molar-refractivity contribution < 1.29 is 13.9 Å². The number of hydrogen-bond donors (Lipinski definition) is 2. The summed E-state index contributed by atoms with van der Waals surface area (Å²) >= 11 is 0. The van der Waals surface area contributed by atoms with Crippen molar-refractivity contribution in [3.8, 4) is 22.8 Å². The molecule has 0 saturated carbocycles. The molecule has 0 saturated heterocycles. The fraction of sp³-hybridized carbons (Fsp3) is 0.125. The van der Waals surface area contributed by atoms with E-state index in [9.17, 15) is 9.18 Å². The Bertz CT molecular complexity index is 1180. The summed E-state index contributed by atoms with van der Waals surface area (Å²) < 4.78 is 20.8.